The third kappa shape index (κ3) is 1.16. The average Bonchev–Trinajstić information content (AvgIpc) is 2.64. The van der Waals surface area contributed by atoms with Gasteiger partial charge >= 0.3 is 0 Å². The van der Waals surface area contributed by atoms with Crippen LogP contribution in [0, 0.1) is 12.3 Å². The summed E-state index contributed by atoms with van der Waals surface area (Å²) in [6.45, 7) is 0. The predicted octanol–water partition coefficient (Wildman–Crippen LogP) is 2.11. The van der Waals surface area contributed by atoms with Gasteiger partial charge < -0.3 is 4.74 Å². The molecular formula is C10H14O. The van der Waals surface area contributed by atoms with Crippen LogP contribution in [0.25, 0.3) is 0 Å². The lowest BCUT2D eigenvalue weighted by Crippen LogP contribution is -2.13. The van der Waals surface area contributed by atoms with Crippen LogP contribution >= 0.6 is 0 Å². The summed E-state index contributed by atoms with van der Waals surface area (Å²) in [7, 11) is 0. The van der Waals surface area contributed by atoms with Crippen molar-refractivity contribution in [2.75, 3.05) is 0 Å². The summed E-state index contributed by atoms with van der Waals surface area (Å²) in [6.07, 6.45) is 13.4. The second-order valence-corrected chi connectivity index (χ2v) is 3.59. The maximum Gasteiger partial charge on any atom is 0.154 e. The van der Waals surface area contributed by atoms with E-state index in [2.05, 4.69) is 5.92 Å². The molecule has 0 N–H and O–H groups in total. The Bertz CT molecular complexity index is 192. The van der Waals surface area contributed by atoms with Crippen molar-refractivity contribution < 1.29 is 4.74 Å². The number of hydrogen-bond donors (Lipinski definition) is 0. The van der Waals surface area contributed by atoms with Gasteiger partial charge in [-0.05, 0) is 19.3 Å². The largest absolute Gasteiger partial charge is 0.352 e. The van der Waals surface area contributed by atoms with Crippen LogP contribution in [0.2, 0.25) is 0 Å². The maximum atomic E-state index is 5.54. The van der Waals surface area contributed by atoms with Crippen LogP contribution in [-0.4, -0.2) is 11.7 Å². The van der Waals surface area contributed by atoms with Gasteiger partial charge in [0, 0.05) is 0 Å². The van der Waals surface area contributed by atoms with E-state index >= 15 is 0 Å². The van der Waals surface area contributed by atoms with Crippen molar-refractivity contribution in [2.45, 2.75) is 50.2 Å². The second-order valence-electron chi connectivity index (χ2n) is 3.59. The van der Waals surface area contributed by atoms with Gasteiger partial charge in [-0.15, -0.1) is 6.42 Å². The van der Waals surface area contributed by atoms with Crippen LogP contribution in [0.1, 0.15) is 38.5 Å². The molecule has 1 saturated heterocycles. The second kappa shape index (κ2) is 2.53. The topological polar surface area (TPSA) is 12.5 Å². The molecule has 1 nitrogen and oxygen atoms in total. The fourth-order valence-electron chi connectivity index (χ4n) is 2.00. The van der Waals surface area contributed by atoms with Gasteiger partial charge in [0.25, 0.3) is 0 Å². The van der Waals surface area contributed by atoms with Crippen molar-refractivity contribution >= 4 is 0 Å². The van der Waals surface area contributed by atoms with Crippen LogP contribution in [0.4, 0.5) is 0 Å². The minimum Gasteiger partial charge on any atom is -0.352 e. The van der Waals surface area contributed by atoms with Gasteiger partial charge in [-0.1, -0.05) is 25.2 Å². The molecule has 0 radical (unpaired) electrons. The monoisotopic (exact) mass is 150 g/mol. The van der Waals surface area contributed by atoms with Gasteiger partial charge in [-0.3, -0.25) is 0 Å². The number of ether oxygens (including phenoxy) is 1. The summed E-state index contributed by atoms with van der Waals surface area (Å²) in [5, 5.41) is 0. The van der Waals surface area contributed by atoms with Gasteiger partial charge in [0.2, 0.25) is 0 Å². The summed E-state index contributed by atoms with van der Waals surface area (Å²) < 4.78 is 5.54. The molecule has 2 fully saturated rings. The number of rotatable bonds is 0. The van der Waals surface area contributed by atoms with Crippen molar-refractivity contribution in [3.63, 3.8) is 0 Å². The van der Waals surface area contributed by atoms with Crippen molar-refractivity contribution in [2.24, 2.45) is 0 Å². The molecule has 0 unspecified atom stereocenters. The molecule has 1 aliphatic heterocycles. The molecule has 0 spiro atoms. The first-order valence-electron chi connectivity index (χ1n) is 4.53. The first-order valence-corrected chi connectivity index (χ1v) is 4.53. The lowest BCUT2D eigenvalue weighted by Gasteiger charge is -2.08. The SMILES string of the molecule is C#C[C@@]12CCCCCC[C@@H]1O2. The number of epoxide rings is 1. The highest BCUT2D eigenvalue weighted by atomic mass is 16.6. The smallest absolute Gasteiger partial charge is 0.154 e. The highest BCUT2D eigenvalue weighted by molar-refractivity contribution is 5.22. The summed E-state index contributed by atoms with van der Waals surface area (Å²) >= 11 is 0. The summed E-state index contributed by atoms with van der Waals surface area (Å²) in [6, 6.07) is 0. The Labute approximate surface area is 68.1 Å². The maximum absolute atomic E-state index is 5.54. The molecule has 11 heavy (non-hydrogen) atoms. The number of fused-ring (bicyclic) bond motifs is 1. The van der Waals surface area contributed by atoms with Crippen molar-refractivity contribution in [3.8, 4) is 12.3 Å². The Morgan fingerprint density at radius 3 is 2.91 bits per heavy atom. The zero-order valence-corrected chi connectivity index (χ0v) is 6.81. The number of terminal acetylenes is 1. The van der Waals surface area contributed by atoms with E-state index in [1.807, 2.05) is 0 Å². The van der Waals surface area contributed by atoms with E-state index in [4.69, 9.17) is 11.2 Å². The minimum atomic E-state index is -0.111. The van der Waals surface area contributed by atoms with Crippen molar-refractivity contribution in [1.29, 1.82) is 0 Å². The van der Waals surface area contributed by atoms with Gasteiger partial charge in [0.05, 0.1) is 6.10 Å². The molecule has 0 bridgehead atoms. The van der Waals surface area contributed by atoms with E-state index < -0.39 is 0 Å². The quantitative estimate of drug-likeness (QED) is 0.380. The Morgan fingerprint density at radius 2 is 2.09 bits per heavy atom. The lowest BCUT2D eigenvalue weighted by molar-refractivity contribution is 0.322. The molecule has 0 aromatic heterocycles. The molecule has 2 aliphatic rings. The molecule has 2 rings (SSSR count). The van der Waals surface area contributed by atoms with Crippen LogP contribution in [0.5, 0.6) is 0 Å². The fraction of sp³-hybridized carbons (Fsp3) is 0.800. The molecule has 1 aliphatic carbocycles. The van der Waals surface area contributed by atoms with Crippen molar-refractivity contribution in [1.82, 2.24) is 0 Å². The van der Waals surface area contributed by atoms with Gasteiger partial charge in [-0.25, -0.2) is 0 Å². The van der Waals surface area contributed by atoms with E-state index in [-0.39, 0.29) is 5.60 Å². The average molecular weight is 150 g/mol. The van der Waals surface area contributed by atoms with Gasteiger partial charge in [-0.2, -0.15) is 0 Å². The van der Waals surface area contributed by atoms with Crippen molar-refractivity contribution in [3.05, 3.63) is 0 Å². The highest BCUT2D eigenvalue weighted by Crippen LogP contribution is 2.44. The minimum absolute atomic E-state index is 0.111. The first kappa shape index (κ1) is 7.18. The highest BCUT2D eigenvalue weighted by Gasteiger charge is 2.54. The van der Waals surface area contributed by atoms with E-state index in [0.717, 1.165) is 6.42 Å². The Balaban J connectivity index is 1.99. The third-order valence-electron chi connectivity index (χ3n) is 2.82. The molecule has 0 aromatic rings. The fourth-order valence-corrected chi connectivity index (χ4v) is 2.00. The lowest BCUT2D eigenvalue weighted by atomic mass is 9.92. The Hall–Kier alpha value is -0.480. The third-order valence-corrected chi connectivity index (χ3v) is 2.82. The van der Waals surface area contributed by atoms with E-state index in [1.54, 1.807) is 0 Å². The van der Waals surface area contributed by atoms with E-state index in [0.29, 0.717) is 6.10 Å². The molecular weight excluding hydrogens is 136 g/mol. The van der Waals surface area contributed by atoms with Crippen LogP contribution in [-0.2, 0) is 4.74 Å². The summed E-state index contributed by atoms with van der Waals surface area (Å²) in [4.78, 5) is 0. The molecule has 1 heterocycles. The predicted molar refractivity (Wildman–Crippen MR) is 44.1 cm³/mol. The van der Waals surface area contributed by atoms with Crippen LogP contribution < -0.4 is 0 Å². The number of hydrogen-bond acceptors (Lipinski definition) is 1. The Kier molecular flexibility index (Phi) is 1.65. The van der Waals surface area contributed by atoms with E-state index in [9.17, 15) is 0 Å². The standard InChI is InChI=1S/C10H14O/c1-2-10-8-6-4-3-5-7-9(10)11-10/h1,9H,3-8H2/t9-,10+/m0/s1. The summed E-state index contributed by atoms with van der Waals surface area (Å²) in [5.41, 5.74) is -0.111. The van der Waals surface area contributed by atoms with Crippen LogP contribution in [0.3, 0.4) is 0 Å². The normalized spacial score (nSPS) is 43.0. The van der Waals surface area contributed by atoms with Gasteiger partial charge in [0.15, 0.2) is 5.60 Å². The molecule has 2 atom stereocenters. The Morgan fingerprint density at radius 1 is 1.27 bits per heavy atom. The molecule has 60 valence electrons. The van der Waals surface area contributed by atoms with Crippen LogP contribution in [0.15, 0.2) is 0 Å². The molecule has 0 aromatic carbocycles. The molecule has 1 heteroatoms. The zero-order chi connectivity index (χ0) is 7.73. The van der Waals surface area contributed by atoms with Gasteiger partial charge in [0.1, 0.15) is 0 Å². The molecule has 1 saturated carbocycles. The first-order chi connectivity index (χ1) is 5.37. The zero-order valence-electron chi connectivity index (χ0n) is 6.81. The molecule has 0 amide bonds. The van der Waals surface area contributed by atoms with E-state index in [1.165, 1.54) is 32.1 Å². The summed E-state index contributed by atoms with van der Waals surface area (Å²) in [5.74, 6) is 2.80.